The normalized spacial score (nSPS) is 21.9. The molecule has 158 valence electrons. The molecule has 2 heterocycles. The van der Waals surface area contributed by atoms with Gasteiger partial charge in [0.15, 0.2) is 0 Å². The fourth-order valence-corrected chi connectivity index (χ4v) is 3.81. The van der Waals surface area contributed by atoms with E-state index in [2.05, 4.69) is 37.9 Å². The van der Waals surface area contributed by atoms with Gasteiger partial charge in [0.2, 0.25) is 0 Å². The highest BCUT2D eigenvalue weighted by atomic mass is 35.5. The number of rotatable bonds is 3. The first-order valence-corrected chi connectivity index (χ1v) is 9.14. The molecule has 1 unspecified atom stereocenters. The number of nitrogens with zero attached hydrogens (tertiary/aromatic N) is 2. The minimum absolute atomic E-state index is 0. The third-order valence-electron chi connectivity index (χ3n) is 5.14. The number of pyridine rings is 1. The van der Waals surface area contributed by atoms with Crippen molar-refractivity contribution in [3.63, 3.8) is 0 Å². The number of aromatic nitrogens is 1. The molecule has 0 saturated carbocycles. The highest BCUT2D eigenvalue weighted by Crippen LogP contribution is 2.34. The summed E-state index contributed by atoms with van der Waals surface area (Å²) in [7, 11) is 0. The van der Waals surface area contributed by atoms with Crippen LogP contribution in [0.15, 0.2) is 30.3 Å². The molecule has 3 rings (SSSR count). The molecule has 0 spiro atoms. The SMILES string of the molecule is CC(C)C(c1ccc2cc(C(F)(F)F)ccc2n1)N1C[C@H](C)NC[C@H]1C.Cl.Cl. The molecule has 1 saturated heterocycles. The van der Waals surface area contributed by atoms with Gasteiger partial charge in [-0.1, -0.05) is 19.9 Å². The van der Waals surface area contributed by atoms with E-state index >= 15 is 0 Å². The second kappa shape index (κ2) is 9.61. The fraction of sp³-hybridized carbons (Fsp3) is 0.550. The molecule has 1 aliphatic heterocycles. The Balaban J connectivity index is 0.00000196. The molecular weight excluding hydrogens is 410 g/mol. The summed E-state index contributed by atoms with van der Waals surface area (Å²) < 4.78 is 38.8. The second-order valence-electron chi connectivity index (χ2n) is 7.69. The van der Waals surface area contributed by atoms with E-state index in [0.717, 1.165) is 24.8 Å². The Morgan fingerprint density at radius 2 is 1.79 bits per heavy atom. The van der Waals surface area contributed by atoms with E-state index in [-0.39, 0.29) is 30.9 Å². The van der Waals surface area contributed by atoms with Gasteiger partial charge in [-0.05, 0) is 44.0 Å². The number of hydrogen-bond donors (Lipinski definition) is 1. The van der Waals surface area contributed by atoms with Crippen LogP contribution in [0.2, 0.25) is 0 Å². The number of fused-ring (bicyclic) bond motifs is 1. The average Bonchev–Trinajstić information content (AvgIpc) is 2.56. The van der Waals surface area contributed by atoms with E-state index in [0.29, 0.717) is 28.9 Å². The first-order chi connectivity index (χ1) is 12.2. The summed E-state index contributed by atoms with van der Waals surface area (Å²) in [5.41, 5.74) is 0.898. The summed E-state index contributed by atoms with van der Waals surface area (Å²) in [5, 5.41) is 4.01. The van der Waals surface area contributed by atoms with Crippen LogP contribution in [0.25, 0.3) is 10.9 Å². The van der Waals surface area contributed by atoms with Crippen molar-refractivity contribution in [2.24, 2.45) is 5.92 Å². The van der Waals surface area contributed by atoms with Gasteiger partial charge in [0.1, 0.15) is 0 Å². The van der Waals surface area contributed by atoms with Gasteiger partial charge in [0.25, 0.3) is 0 Å². The number of benzene rings is 1. The summed E-state index contributed by atoms with van der Waals surface area (Å²) in [6, 6.07) is 8.33. The van der Waals surface area contributed by atoms with E-state index in [4.69, 9.17) is 4.98 Å². The molecule has 3 nitrogen and oxygen atoms in total. The summed E-state index contributed by atoms with van der Waals surface area (Å²) in [4.78, 5) is 7.19. The van der Waals surface area contributed by atoms with Crippen molar-refractivity contribution >= 4 is 35.7 Å². The van der Waals surface area contributed by atoms with Crippen molar-refractivity contribution in [2.75, 3.05) is 13.1 Å². The maximum absolute atomic E-state index is 12.9. The van der Waals surface area contributed by atoms with E-state index in [1.165, 1.54) is 12.1 Å². The lowest BCUT2D eigenvalue weighted by Gasteiger charge is -2.44. The fourth-order valence-electron chi connectivity index (χ4n) is 3.81. The lowest BCUT2D eigenvalue weighted by molar-refractivity contribution is -0.137. The molecule has 1 aromatic carbocycles. The molecule has 0 aliphatic carbocycles. The minimum Gasteiger partial charge on any atom is -0.311 e. The standard InChI is InChI=1S/C20H26F3N3.2ClH/c1-12(2)19(26-11-13(3)24-10-14(26)4)18-7-5-15-9-16(20(21,22)23)6-8-17(15)25-18;;/h5-9,12-14,19,24H,10-11H2,1-4H3;2*1H/t13-,14+,19?;;/m0../s1. The summed E-state index contributed by atoms with van der Waals surface area (Å²) in [6.45, 7) is 10.6. The van der Waals surface area contributed by atoms with Gasteiger partial charge in [-0.2, -0.15) is 13.2 Å². The van der Waals surface area contributed by atoms with Crippen LogP contribution < -0.4 is 5.32 Å². The second-order valence-corrected chi connectivity index (χ2v) is 7.69. The highest BCUT2D eigenvalue weighted by Gasteiger charge is 2.33. The topological polar surface area (TPSA) is 28.2 Å². The van der Waals surface area contributed by atoms with Crippen molar-refractivity contribution in [2.45, 2.75) is 52.0 Å². The maximum Gasteiger partial charge on any atom is 0.416 e. The third-order valence-corrected chi connectivity index (χ3v) is 5.14. The van der Waals surface area contributed by atoms with E-state index in [1.54, 1.807) is 6.07 Å². The lowest BCUT2D eigenvalue weighted by Crippen LogP contribution is -2.56. The lowest BCUT2D eigenvalue weighted by atomic mass is 9.94. The molecule has 28 heavy (non-hydrogen) atoms. The number of piperazine rings is 1. The predicted octanol–water partition coefficient (Wildman–Crippen LogP) is 5.48. The zero-order valence-corrected chi connectivity index (χ0v) is 18.1. The Kier molecular flexibility index (Phi) is 8.57. The first kappa shape index (κ1) is 25.0. The van der Waals surface area contributed by atoms with Crippen molar-refractivity contribution in [1.82, 2.24) is 15.2 Å². The molecular formula is C20H28Cl2F3N3. The molecule has 0 bridgehead atoms. The zero-order valence-electron chi connectivity index (χ0n) is 16.5. The van der Waals surface area contributed by atoms with Gasteiger partial charge in [-0.25, -0.2) is 0 Å². The van der Waals surface area contributed by atoms with Crippen molar-refractivity contribution < 1.29 is 13.2 Å². The van der Waals surface area contributed by atoms with Crippen molar-refractivity contribution in [1.29, 1.82) is 0 Å². The van der Waals surface area contributed by atoms with Gasteiger partial charge in [0, 0.05) is 30.6 Å². The minimum atomic E-state index is -4.33. The Morgan fingerprint density at radius 1 is 1.11 bits per heavy atom. The van der Waals surface area contributed by atoms with E-state index < -0.39 is 11.7 Å². The molecule has 1 N–H and O–H groups in total. The van der Waals surface area contributed by atoms with Crippen LogP contribution in [-0.4, -0.2) is 35.1 Å². The number of hydrogen-bond acceptors (Lipinski definition) is 3. The molecule has 1 aromatic heterocycles. The van der Waals surface area contributed by atoms with Crippen molar-refractivity contribution in [3.8, 4) is 0 Å². The van der Waals surface area contributed by atoms with E-state index in [1.807, 2.05) is 6.07 Å². The number of alkyl halides is 3. The highest BCUT2D eigenvalue weighted by molar-refractivity contribution is 5.85. The van der Waals surface area contributed by atoms with Crippen LogP contribution >= 0.6 is 24.8 Å². The average molecular weight is 438 g/mol. The smallest absolute Gasteiger partial charge is 0.311 e. The van der Waals surface area contributed by atoms with Gasteiger partial charge in [-0.15, -0.1) is 24.8 Å². The zero-order chi connectivity index (χ0) is 19.1. The van der Waals surface area contributed by atoms with Crippen molar-refractivity contribution in [3.05, 3.63) is 41.6 Å². The summed E-state index contributed by atoms with van der Waals surface area (Å²) in [6.07, 6.45) is -4.33. The van der Waals surface area contributed by atoms with Crippen LogP contribution in [0.4, 0.5) is 13.2 Å². The Labute approximate surface area is 176 Å². The van der Waals surface area contributed by atoms with E-state index in [9.17, 15) is 13.2 Å². The van der Waals surface area contributed by atoms with Gasteiger partial charge in [-0.3, -0.25) is 9.88 Å². The van der Waals surface area contributed by atoms with Crippen LogP contribution in [0.1, 0.15) is 45.0 Å². The van der Waals surface area contributed by atoms with Gasteiger partial charge in [0.05, 0.1) is 22.8 Å². The van der Waals surface area contributed by atoms with Gasteiger partial charge >= 0.3 is 6.18 Å². The molecule has 1 aliphatic rings. The molecule has 0 amide bonds. The number of halogens is 5. The Hall–Kier alpha value is -1.08. The largest absolute Gasteiger partial charge is 0.416 e. The first-order valence-electron chi connectivity index (χ1n) is 9.14. The van der Waals surface area contributed by atoms with Crippen LogP contribution in [0.3, 0.4) is 0 Å². The van der Waals surface area contributed by atoms with Crippen LogP contribution in [-0.2, 0) is 6.18 Å². The monoisotopic (exact) mass is 437 g/mol. The molecule has 2 aromatic rings. The van der Waals surface area contributed by atoms with Crippen LogP contribution in [0.5, 0.6) is 0 Å². The Morgan fingerprint density at radius 3 is 2.39 bits per heavy atom. The summed E-state index contributed by atoms with van der Waals surface area (Å²) in [5.74, 6) is 0.349. The number of nitrogens with one attached hydrogen (secondary N) is 1. The maximum atomic E-state index is 12.9. The van der Waals surface area contributed by atoms with Gasteiger partial charge < -0.3 is 5.32 Å². The Bertz CT molecular complexity index is 783. The quantitative estimate of drug-likeness (QED) is 0.688. The summed E-state index contributed by atoms with van der Waals surface area (Å²) >= 11 is 0. The molecule has 3 atom stereocenters. The van der Waals surface area contributed by atoms with Crippen LogP contribution in [0, 0.1) is 5.92 Å². The predicted molar refractivity (Wildman–Crippen MR) is 112 cm³/mol. The molecule has 1 fully saturated rings. The molecule has 0 radical (unpaired) electrons. The molecule has 8 heteroatoms. The third kappa shape index (κ3) is 5.29.